The van der Waals surface area contributed by atoms with E-state index in [1.807, 2.05) is 0 Å². The van der Waals surface area contributed by atoms with Crippen LogP contribution in [-0.2, 0) is 31.4 Å². The normalized spacial score (nSPS) is 15.5. The van der Waals surface area contributed by atoms with Gasteiger partial charge in [0, 0.05) is 20.3 Å². The zero-order chi connectivity index (χ0) is 27.5. The maximum Gasteiger partial charge on any atom is 0.416 e. The second-order valence-corrected chi connectivity index (χ2v) is 9.21. The average Bonchev–Trinajstić information content (AvgIpc) is 3.11. The Kier molecular flexibility index (Phi) is 5.92. The number of carbonyl (C=O) groups is 1. The molecule has 0 amide bonds. The number of hydrogen-bond donors (Lipinski definition) is 0. The topological polar surface area (TPSA) is 97.2 Å². The molecule has 1 aliphatic carbocycles. The Bertz CT molecular complexity index is 1790. The van der Waals surface area contributed by atoms with Gasteiger partial charge in [-0.15, -0.1) is 0 Å². The molecule has 0 spiro atoms. The Morgan fingerprint density at radius 1 is 1.00 bits per heavy atom. The van der Waals surface area contributed by atoms with E-state index in [1.165, 1.54) is 21.3 Å². The summed E-state index contributed by atoms with van der Waals surface area (Å²) in [5.74, 6) is -0.995. The summed E-state index contributed by atoms with van der Waals surface area (Å²) in [6.07, 6.45) is -2.88. The second kappa shape index (κ2) is 8.89. The molecule has 0 aliphatic heterocycles. The van der Waals surface area contributed by atoms with Crippen LogP contribution in [0.4, 0.5) is 13.2 Å². The molecule has 0 fully saturated rings. The molecule has 0 N–H and O–H groups in total. The third kappa shape index (κ3) is 3.78. The minimum absolute atomic E-state index is 0.0262. The zero-order valence-electron chi connectivity index (χ0n) is 20.7. The summed E-state index contributed by atoms with van der Waals surface area (Å²) in [5, 5.41) is 0. The van der Waals surface area contributed by atoms with Gasteiger partial charge < -0.3 is 4.74 Å². The predicted molar refractivity (Wildman–Crippen MR) is 132 cm³/mol. The third-order valence-corrected chi connectivity index (χ3v) is 7.15. The number of imidazole rings is 1. The van der Waals surface area contributed by atoms with Crippen molar-refractivity contribution in [3.8, 4) is 5.69 Å². The number of carbonyl (C=O) groups excluding carboxylic acids is 1. The van der Waals surface area contributed by atoms with Gasteiger partial charge in [-0.2, -0.15) is 13.2 Å². The van der Waals surface area contributed by atoms with Crippen molar-refractivity contribution < 1.29 is 22.7 Å². The number of alkyl halides is 3. The van der Waals surface area contributed by atoms with E-state index in [4.69, 9.17) is 4.74 Å². The van der Waals surface area contributed by atoms with Gasteiger partial charge in [0.1, 0.15) is 5.56 Å². The lowest BCUT2D eigenvalue weighted by Gasteiger charge is -2.29. The number of rotatable bonds is 3. The van der Waals surface area contributed by atoms with E-state index in [1.54, 1.807) is 32.3 Å². The molecule has 0 radical (unpaired) electrons. The summed E-state index contributed by atoms with van der Waals surface area (Å²) in [6.45, 7) is 0. The van der Waals surface area contributed by atoms with Crippen molar-refractivity contribution in [2.75, 3.05) is 7.11 Å². The largest absolute Gasteiger partial charge is 0.465 e. The van der Waals surface area contributed by atoms with Gasteiger partial charge in [0.15, 0.2) is 0 Å². The SMILES string of the molecule is COC(=O)c1cn(-c2ccc3c(c2)n(C)c(=O)n3C)c(=O)n([C@H]2CCCc3c2cccc3C(F)(F)F)c1=O. The van der Waals surface area contributed by atoms with E-state index in [0.29, 0.717) is 17.5 Å². The van der Waals surface area contributed by atoms with Gasteiger partial charge in [0.25, 0.3) is 5.56 Å². The monoisotopic (exact) mass is 528 g/mol. The molecular formula is C26H23F3N4O5. The number of esters is 1. The summed E-state index contributed by atoms with van der Waals surface area (Å²) in [4.78, 5) is 52.2. The molecule has 1 aliphatic rings. The molecule has 12 heteroatoms. The second-order valence-electron chi connectivity index (χ2n) is 9.21. The molecule has 0 unspecified atom stereocenters. The number of halogens is 3. The van der Waals surface area contributed by atoms with Gasteiger partial charge in [-0.1, -0.05) is 12.1 Å². The molecule has 1 atom stereocenters. The summed E-state index contributed by atoms with van der Waals surface area (Å²) in [7, 11) is 4.25. The van der Waals surface area contributed by atoms with Gasteiger partial charge >= 0.3 is 23.5 Å². The lowest BCUT2D eigenvalue weighted by Crippen LogP contribution is -2.45. The third-order valence-electron chi connectivity index (χ3n) is 7.15. The fraction of sp³-hybridized carbons (Fsp3) is 0.308. The van der Waals surface area contributed by atoms with Gasteiger partial charge in [0.05, 0.1) is 35.4 Å². The van der Waals surface area contributed by atoms with Crippen molar-refractivity contribution >= 4 is 17.0 Å². The van der Waals surface area contributed by atoms with Crippen molar-refractivity contribution in [1.29, 1.82) is 0 Å². The standard InChI is InChI=1S/C26H23F3N4O5/c1-30-20-11-10-14(12-21(20)31(2)24(30)36)32-13-17(23(35)38-3)22(34)33(25(32)37)19-9-5-6-15-16(19)7-4-8-18(15)26(27,28)29/h4,7-8,10-13,19H,5-6,9H2,1-3H3/t19-/m0/s1. The number of ether oxygens (including phenoxy) is 1. The highest BCUT2D eigenvalue weighted by molar-refractivity contribution is 5.88. The van der Waals surface area contributed by atoms with Crippen LogP contribution in [-0.4, -0.2) is 31.3 Å². The Morgan fingerprint density at radius 3 is 2.39 bits per heavy atom. The lowest BCUT2D eigenvalue weighted by molar-refractivity contribution is -0.138. The Morgan fingerprint density at radius 2 is 1.71 bits per heavy atom. The Labute approximate surface area is 212 Å². The molecular weight excluding hydrogens is 505 g/mol. The van der Waals surface area contributed by atoms with Crippen LogP contribution < -0.4 is 16.9 Å². The van der Waals surface area contributed by atoms with Crippen LogP contribution in [0, 0.1) is 0 Å². The summed E-state index contributed by atoms with van der Waals surface area (Å²) >= 11 is 0. The highest BCUT2D eigenvalue weighted by Gasteiger charge is 2.37. The first-order valence-electron chi connectivity index (χ1n) is 11.8. The smallest absolute Gasteiger partial charge is 0.416 e. The van der Waals surface area contributed by atoms with Gasteiger partial charge in [0.2, 0.25) is 0 Å². The first-order chi connectivity index (χ1) is 18.0. The summed E-state index contributed by atoms with van der Waals surface area (Å²) in [6, 6.07) is 7.41. The molecule has 5 rings (SSSR count). The van der Waals surface area contributed by atoms with E-state index in [-0.39, 0.29) is 35.3 Å². The molecule has 38 heavy (non-hydrogen) atoms. The summed E-state index contributed by atoms with van der Waals surface area (Å²) < 4.78 is 50.7. The van der Waals surface area contributed by atoms with Crippen LogP contribution >= 0.6 is 0 Å². The van der Waals surface area contributed by atoms with Gasteiger partial charge in [-0.25, -0.2) is 14.4 Å². The lowest BCUT2D eigenvalue weighted by atomic mass is 9.84. The van der Waals surface area contributed by atoms with Gasteiger partial charge in [-0.05, 0) is 54.7 Å². The molecule has 4 aromatic rings. The number of methoxy groups -OCH3 is 1. The number of fused-ring (bicyclic) bond motifs is 2. The van der Waals surface area contributed by atoms with E-state index < -0.39 is 40.6 Å². The molecule has 2 aromatic heterocycles. The Hall–Kier alpha value is -4.35. The van der Waals surface area contributed by atoms with Crippen molar-refractivity contribution in [3.63, 3.8) is 0 Å². The molecule has 0 saturated heterocycles. The van der Waals surface area contributed by atoms with Crippen LogP contribution in [0.3, 0.4) is 0 Å². The van der Waals surface area contributed by atoms with Crippen molar-refractivity contribution in [3.05, 3.63) is 96.2 Å². The summed E-state index contributed by atoms with van der Waals surface area (Å²) in [5.41, 5.74) is -1.76. The van der Waals surface area contributed by atoms with E-state index in [9.17, 15) is 32.3 Å². The highest BCUT2D eigenvalue weighted by atomic mass is 19.4. The minimum Gasteiger partial charge on any atom is -0.465 e. The maximum atomic E-state index is 13.8. The number of hydrogen-bond acceptors (Lipinski definition) is 5. The van der Waals surface area contributed by atoms with Gasteiger partial charge in [-0.3, -0.25) is 23.1 Å². The quantitative estimate of drug-likeness (QED) is 0.381. The van der Waals surface area contributed by atoms with E-state index in [0.717, 1.165) is 28.5 Å². The highest BCUT2D eigenvalue weighted by Crippen LogP contribution is 2.40. The fourth-order valence-corrected chi connectivity index (χ4v) is 5.28. The van der Waals surface area contributed by atoms with E-state index in [2.05, 4.69) is 0 Å². The first-order valence-corrected chi connectivity index (χ1v) is 11.8. The number of aryl methyl sites for hydroxylation is 2. The number of nitrogens with zero attached hydrogens (tertiary/aromatic N) is 4. The fourth-order valence-electron chi connectivity index (χ4n) is 5.28. The minimum atomic E-state index is -4.60. The van der Waals surface area contributed by atoms with Crippen molar-refractivity contribution in [2.45, 2.75) is 31.5 Å². The van der Waals surface area contributed by atoms with Crippen molar-refractivity contribution in [2.24, 2.45) is 14.1 Å². The van der Waals surface area contributed by atoms with Crippen LogP contribution in [0.2, 0.25) is 0 Å². The van der Waals surface area contributed by atoms with Crippen molar-refractivity contribution in [1.82, 2.24) is 18.3 Å². The molecule has 198 valence electrons. The predicted octanol–water partition coefficient (Wildman–Crippen LogP) is 2.92. The molecule has 9 nitrogen and oxygen atoms in total. The zero-order valence-corrected chi connectivity index (χ0v) is 20.7. The molecule has 2 aromatic carbocycles. The van der Waals surface area contributed by atoms with Crippen LogP contribution in [0.5, 0.6) is 0 Å². The first kappa shape index (κ1) is 25.3. The molecule has 0 bridgehead atoms. The Balaban J connectivity index is 1.80. The van der Waals surface area contributed by atoms with Crippen LogP contribution in [0.25, 0.3) is 16.7 Å². The van der Waals surface area contributed by atoms with E-state index >= 15 is 0 Å². The van der Waals surface area contributed by atoms with Crippen LogP contribution in [0.1, 0.15) is 45.9 Å². The average molecular weight is 528 g/mol. The molecule has 0 saturated carbocycles. The molecule has 2 heterocycles. The number of benzene rings is 2. The number of aromatic nitrogens is 4. The maximum absolute atomic E-state index is 13.8. The van der Waals surface area contributed by atoms with Crippen LogP contribution in [0.15, 0.2) is 57.0 Å².